The molecule has 0 bridgehead atoms. The maximum Gasteiger partial charge on any atom is 0.175 e. The first-order chi connectivity index (χ1) is 9.99. The predicted molar refractivity (Wildman–Crippen MR) is 83.9 cm³/mol. The Hall–Kier alpha value is -2.21. The number of rotatable bonds is 3. The highest BCUT2D eigenvalue weighted by Gasteiger charge is 2.07. The molecule has 0 unspecified atom stereocenters. The minimum atomic E-state index is -0.507. The smallest absolute Gasteiger partial charge is 0.175 e. The minimum Gasteiger partial charge on any atom is -0.494 e. The maximum atomic E-state index is 13.6. The molecule has 21 heavy (non-hydrogen) atoms. The highest BCUT2D eigenvalue weighted by atomic mass is 32.1. The molecule has 3 nitrogen and oxygen atoms in total. The first-order valence-corrected chi connectivity index (χ1v) is 6.58. The highest BCUT2D eigenvalue weighted by molar-refractivity contribution is 7.80. The Labute approximate surface area is 126 Å². The number of hydrogen-bond acceptors (Lipinski definition) is 2. The fraction of sp³-hybridized carbons (Fsp3) is 0.133. The third kappa shape index (κ3) is 3.88. The van der Waals surface area contributed by atoms with Gasteiger partial charge in [-0.05, 0) is 49.0 Å². The van der Waals surface area contributed by atoms with Crippen molar-refractivity contribution in [3.05, 3.63) is 53.6 Å². The molecule has 0 fully saturated rings. The van der Waals surface area contributed by atoms with E-state index in [1.807, 2.05) is 6.92 Å². The quantitative estimate of drug-likeness (QED) is 0.837. The zero-order chi connectivity index (χ0) is 15.4. The second-order valence-corrected chi connectivity index (χ2v) is 4.82. The number of benzene rings is 2. The van der Waals surface area contributed by atoms with Crippen LogP contribution >= 0.6 is 12.2 Å². The van der Waals surface area contributed by atoms with Gasteiger partial charge in [0.15, 0.2) is 16.7 Å². The topological polar surface area (TPSA) is 33.3 Å². The molecule has 110 valence electrons. The summed E-state index contributed by atoms with van der Waals surface area (Å²) in [5.41, 5.74) is 1.61. The Morgan fingerprint density at radius 2 is 1.81 bits per heavy atom. The van der Waals surface area contributed by atoms with Crippen LogP contribution in [0.3, 0.4) is 0 Å². The van der Waals surface area contributed by atoms with Crippen LogP contribution in [0.15, 0.2) is 36.4 Å². The summed E-state index contributed by atoms with van der Waals surface area (Å²) in [4.78, 5) is 0. The second-order valence-electron chi connectivity index (χ2n) is 4.41. The molecule has 0 heterocycles. The van der Waals surface area contributed by atoms with Gasteiger partial charge in [0.2, 0.25) is 0 Å². The van der Waals surface area contributed by atoms with Gasteiger partial charge < -0.3 is 15.4 Å². The Balaban J connectivity index is 2.08. The molecule has 0 saturated heterocycles. The molecular formula is C15H14F2N2OS. The lowest BCUT2D eigenvalue weighted by Gasteiger charge is -2.12. The number of thiocarbonyl (C=S) groups is 1. The molecule has 0 aliphatic carbocycles. The largest absolute Gasteiger partial charge is 0.494 e. The number of hydrogen-bond donors (Lipinski definition) is 2. The van der Waals surface area contributed by atoms with Gasteiger partial charge in [-0.15, -0.1) is 0 Å². The third-order valence-electron chi connectivity index (χ3n) is 2.78. The normalized spacial score (nSPS) is 10.1. The van der Waals surface area contributed by atoms with E-state index in [9.17, 15) is 8.78 Å². The van der Waals surface area contributed by atoms with Crippen molar-refractivity contribution in [2.75, 3.05) is 17.7 Å². The van der Waals surface area contributed by atoms with Crippen LogP contribution in [0.2, 0.25) is 0 Å². The molecule has 2 aromatic rings. The molecule has 0 saturated carbocycles. The Kier molecular flexibility index (Phi) is 4.70. The number of anilines is 2. The number of methoxy groups -OCH3 is 1. The first kappa shape index (κ1) is 15.2. The molecule has 0 aliphatic heterocycles. The van der Waals surface area contributed by atoms with Crippen LogP contribution < -0.4 is 15.4 Å². The van der Waals surface area contributed by atoms with Crippen LogP contribution in [-0.2, 0) is 0 Å². The van der Waals surface area contributed by atoms with Crippen LogP contribution in [0.25, 0.3) is 0 Å². The van der Waals surface area contributed by atoms with Gasteiger partial charge in [-0.3, -0.25) is 0 Å². The molecule has 0 spiro atoms. The molecule has 0 aliphatic rings. The number of ether oxygens (including phenoxy) is 1. The zero-order valence-electron chi connectivity index (χ0n) is 11.5. The summed E-state index contributed by atoms with van der Waals surface area (Å²) in [5, 5.41) is 5.70. The minimum absolute atomic E-state index is 0.143. The van der Waals surface area contributed by atoms with E-state index >= 15 is 0 Å². The van der Waals surface area contributed by atoms with Gasteiger partial charge in [0.05, 0.1) is 12.8 Å². The lowest BCUT2D eigenvalue weighted by atomic mass is 10.2. The average Bonchev–Trinajstić information content (AvgIpc) is 2.43. The number of nitrogens with one attached hydrogen (secondary N) is 2. The highest BCUT2D eigenvalue weighted by Crippen LogP contribution is 2.21. The van der Waals surface area contributed by atoms with Crippen molar-refractivity contribution in [1.29, 1.82) is 0 Å². The summed E-state index contributed by atoms with van der Waals surface area (Å²) < 4.78 is 32.0. The van der Waals surface area contributed by atoms with Gasteiger partial charge in [-0.2, -0.15) is 0 Å². The maximum absolute atomic E-state index is 13.6. The second kappa shape index (κ2) is 6.49. The van der Waals surface area contributed by atoms with E-state index in [0.29, 0.717) is 5.69 Å². The van der Waals surface area contributed by atoms with Crippen molar-refractivity contribution in [2.24, 2.45) is 0 Å². The molecular weight excluding hydrogens is 294 g/mol. The van der Waals surface area contributed by atoms with E-state index in [4.69, 9.17) is 17.0 Å². The van der Waals surface area contributed by atoms with E-state index in [0.717, 1.165) is 5.56 Å². The summed E-state index contributed by atoms with van der Waals surface area (Å²) >= 11 is 5.08. The van der Waals surface area contributed by atoms with Crippen LogP contribution in [0, 0.1) is 18.6 Å². The summed E-state index contributed by atoms with van der Waals surface area (Å²) in [6.45, 7) is 1.85. The van der Waals surface area contributed by atoms with E-state index in [1.54, 1.807) is 18.2 Å². The fourth-order valence-electron chi connectivity index (χ4n) is 1.76. The number of halogens is 2. The lowest BCUT2D eigenvalue weighted by Crippen LogP contribution is -2.20. The summed E-state index contributed by atoms with van der Waals surface area (Å²) in [6, 6.07) is 9.00. The van der Waals surface area contributed by atoms with Crippen molar-refractivity contribution < 1.29 is 13.5 Å². The van der Waals surface area contributed by atoms with Crippen molar-refractivity contribution in [3.63, 3.8) is 0 Å². The fourth-order valence-corrected chi connectivity index (χ4v) is 1.99. The van der Waals surface area contributed by atoms with Gasteiger partial charge in [0.25, 0.3) is 0 Å². The van der Waals surface area contributed by atoms with Crippen LogP contribution in [0.4, 0.5) is 20.2 Å². The first-order valence-electron chi connectivity index (χ1n) is 6.17. The van der Waals surface area contributed by atoms with E-state index < -0.39 is 11.6 Å². The predicted octanol–water partition coefficient (Wildman–Crippen LogP) is 4.09. The van der Waals surface area contributed by atoms with Crippen LogP contribution in [-0.4, -0.2) is 12.2 Å². The van der Waals surface area contributed by atoms with Crippen molar-refractivity contribution in [1.82, 2.24) is 0 Å². The Bertz CT molecular complexity index is 677. The third-order valence-corrected chi connectivity index (χ3v) is 2.98. The number of aryl methyl sites for hydroxylation is 1. The van der Waals surface area contributed by atoms with Crippen LogP contribution in [0.5, 0.6) is 5.75 Å². The van der Waals surface area contributed by atoms with E-state index in [2.05, 4.69) is 10.6 Å². The van der Waals surface area contributed by atoms with Gasteiger partial charge >= 0.3 is 0 Å². The molecule has 2 aromatic carbocycles. The monoisotopic (exact) mass is 308 g/mol. The van der Waals surface area contributed by atoms with Gasteiger partial charge in [0.1, 0.15) is 5.82 Å². The molecule has 6 heteroatoms. The standard InChI is InChI=1S/C15H14F2N2OS/c1-9-3-5-11(16)13(7-9)19-15(21)18-10-4-6-14(20-2)12(17)8-10/h3-8H,1-2H3,(H2,18,19,21). The molecule has 0 aromatic heterocycles. The lowest BCUT2D eigenvalue weighted by molar-refractivity contribution is 0.387. The molecule has 0 amide bonds. The van der Waals surface area contributed by atoms with Crippen molar-refractivity contribution in [3.8, 4) is 5.75 Å². The average molecular weight is 308 g/mol. The molecule has 0 atom stereocenters. The van der Waals surface area contributed by atoms with Gasteiger partial charge in [-0.25, -0.2) is 8.78 Å². The Morgan fingerprint density at radius 3 is 2.48 bits per heavy atom. The zero-order valence-corrected chi connectivity index (χ0v) is 12.4. The van der Waals surface area contributed by atoms with Crippen molar-refractivity contribution >= 4 is 28.7 Å². The van der Waals surface area contributed by atoms with Crippen molar-refractivity contribution in [2.45, 2.75) is 6.92 Å². The molecule has 2 rings (SSSR count). The van der Waals surface area contributed by atoms with Gasteiger partial charge in [-0.1, -0.05) is 6.07 Å². The van der Waals surface area contributed by atoms with E-state index in [-0.39, 0.29) is 16.5 Å². The molecule has 2 N–H and O–H groups in total. The summed E-state index contributed by atoms with van der Waals surface area (Å²) in [5.74, 6) is -0.776. The van der Waals surface area contributed by atoms with E-state index in [1.165, 1.54) is 25.3 Å². The SMILES string of the molecule is COc1ccc(NC(=S)Nc2cc(C)ccc2F)cc1F. The summed E-state index contributed by atoms with van der Waals surface area (Å²) in [6.07, 6.45) is 0. The van der Waals surface area contributed by atoms with Crippen LogP contribution in [0.1, 0.15) is 5.56 Å². The Morgan fingerprint density at radius 1 is 1.05 bits per heavy atom. The van der Waals surface area contributed by atoms with Gasteiger partial charge in [0, 0.05) is 11.8 Å². The summed E-state index contributed by atoms with van der Waals surface area (Å²) in [7, 11) is 1.39. The molecule has 0 radical (unpaired) electrons.